The Kier molecular flexibility index (Phi) is 4.71. The highest BCUT2D eigenvalue weighted by Gasteiger charge is 2.16. The molecule has 0 fully saturated rings. The molecule has 0 radical (unpaired) electrons. The Hall–Kier alpha value is -2.49. The molecule has 1 aromatic heterocycles. The van der Waals surface area contributed by atoms with Gasteiger partial charge in [-0.2, -0.15) is 0 Å². The van der Waals surface area contributed by atoms with E-state index in [1.54, 1.807) is 31.6 Å². The first-order chi connectivity index (χ1) is 10.4. The van der Waals surface area contributed by atoms with Gasteiger partial charge in [-0.3, -0.25) is 4.79 Å². The van der Waals surface area contributed by atoms with Crippen molar-refractivity contribution in [3.8, 4) is 5.75 Å². The molecular weight excluding hydrogens is 278 g/mol. The lowest BCUT2D eigenvalue weighted by Crippen LogP contribution is -2.14. The predicted octanol–water partition coefficient (Wildman–Crippen LogP) is 4.24. The Morgan fingerprint density at radius 1 is 1.27 bits per heavy atom. The standard InChI is InChI=1S/C18H21NO3/c1-18(2,3)13-7-9-16(21-4)15(12-13)19-17(20)10-8-14-6-5-11-22-14/h5-12H,1-4H3,(H,19,20)/b10-8+. The van der Waals surface area contributed by atoms with Crippen LogP contribution in [-0.2, 0) is 10.2 Å². The summed E-state index contributed by atoms with van der Waals surface area (Å²) in [5, 5.41) is 2.84. The molecule has 4 heteroatoms. The Morgan fingerprint density at radius 2 is 2.05 bits per heavy atom. The van der Waals surface area contributed by atoms with Crippen LogP contribution in [0.3, 0.4) is 0 Å². The molecule has 1 N–H and O–H groups in total. The number of carbonyl (C=O) groups excluding carboxylic acids is 1. The lowest BCUT2D eigenvalue weighted by Gasteiger charge is -2.21. The van der Waals surface area contributed by atoms with Gasteiger partial charge in [0.25, 0.3) is 0 Å². The van der Waals surface area contributed by atoms with Crippen molar-refractivity contribution >= 4 is 17.7 Å². The van der Waals surface area contributed by atoms with E-state index in [0.717, 1.165) is 5.56 Å². The van der Waals surface area contributed by atoms with Crippen molar-refractivity contribution in [2.45, 2.75) is 26.2 Å². The number of hydrogen-bond donors (Lipinski definition) is 1. The number of nitrogens with one attached hydrogen (secondary N) is 1. The van der Waals surface area contributed by atoms with Crippen molar-refractivity contribution in [1.29, 1.82) is 0 Å². The number of anilines is 1. The van der Waals surface area contributed by atoms with Crippen LogP contribution in [-0.4, -0.2) is 13.0 Å². The van der Waals surface area contributed by atoms with Gasteiger partial charge in [0.15, 0.2) is 0 Å². The van der Waals surface area contributed by atoms with Crippen LogP contribution >= 0.6 is 0 Å². The molecular formula is C18H21NO3. The Morgan fingerprint density at radius 3 is 2.64 bits per heavy atom. The molecule has 0 saturated heterocycles. The van der Waals surface area contributed by atoms with E-state index in [1.807, 2.05) is 18.2 Å². The van der Waals surface area contributed by atoms with E-state index in [9.17, 15) is 4.79 Å². The van der Waals surface area contributed by atoms with E-state index in [-0.39, 0.29) is 11.3 Å². The summed E-state index contributed by atoms with van der Waals surface area (Å²) in [7, 11) is 1.58. The lowest BCUT2D eigenvalue weighted by atomic mass is 9.87. The van der Waals surface area contributed by atoms with E-state index >= 15 is 0 Å². The van der Waals surface area contributed by atoms with Gasteiger partial charge < -0.3 is 14.5 Å². The van der Waals surface area contributed by atoms with Crippen molar-refractivity contribution in [3.05, 3.63) is 54.0 Å². The molecule has 0 spiro atoms. The summed E-state index contributed by atoms with van der Waals surface area (Å²) in [5.74, 6) is 1.03. The zero-order chi connectivity index (χ0) is 16.2. The van der Waals surface area contributed by atoms with E-state index in [0.29, 0.717) is 17.2 Å². The number of benzene rings is 1. The summed E-state index contributed by atoms with van der Waals surface area (Å²) in [4.78, 5) is 12.0. The minimum atomic E-state index is -0.235. The third kappa shape index (κ3) is 4.01. The zero-order valence-electron chi connectivity index (χ0n) is 13.3. The fourth-order valence-electron chi connectivity index (χ4n) is 1.99. The maximum Gasteiger partial charge on any atom is 0.248 e. The first kappa shape index (κ1) is 15.9. The molecule has 0 bridgehead atoms. The number of furan rings is 1. The molecule has 2 aromatic rings. The Balaban J connectivity index is 2.18. The van der Waals surface area contributed by atoms with Gasteiger partial charge in [0, 0.05) is 6.08 Å². The molecule has 0 aliphatic rings. The summed E-state index contributed by atoms with van der Waals surface area (Å²) in [6, 6.07) is 9.37. The molecule has 0 unspecified atom stereocenters. The summed E-state index contributed by atoms with van der Waals surface area (Å²) < 4.78 is 10.5. The van der Waals surface area contributed by atoms with Gasteiger partial charge in [-0.25, -0.2) is 0 Å². The number of amides is 1. The highest BCUT2D eigenvalue weighted by Crippen LogP contribution is 2.31. The van der Waals surface area contributed by atoms with Crippen molar-refractivity contribution in [1.82, 2.24) is 0 Å². The van der Waals surface area contributed by atoms with E-state index in [4.69, 9.17) is 9.15 Å². The van der Waals surface area contributed by atoms with Crippen LogP contribution in [0.1, 0.15) is 32.1 Å². The summed E-state index contributed by atoms with van der Waals surface area (Å²) in [6.45, 7) is 6.37. The second-order valence-corrected chi connectivity index (χ2v) is 6.00. The molecule has 1 heterocycles. The van der Waals surface area contributed by atoms with Crippen LogP contribution < -0.4 is 10.1 Å². The first-order valence-electron chi connectivity index (χ1n) is 7.11. The van der Waals surface area contributed by atoms with Crippen LogP contribution in [0.25, 0.3) is 6.08 Å². The van der Waals surface area contributed by atoms with Crippen LogP contribution in [0.5, 0.6) is 5.75 Å². The number of carbonyl (C=O) groups is 1. The molecule has 22 heavy (non-hydrogen) atoms. The lowest BCUT2D eigenvalue weighted by molar-refractivity contribution is -0.111. The van der Waals surface area contributed by atoms with E-state index in [2.05, 4.69) is 26.1 Å². The molecule has 2 rings (SSSR count). The van der Waals surface area contributed by atoms with Crippen LogP contribution in [0.4, 0.5) is 5.69 Å². The van der Waals surface area contributed by atoms with Gasteiger partial charge >= 0.3 is 0 Å². The van der Waals surface area contributed by atoms with Crippen molar-refractivity contribution in [3.63, 3.8) is 0 Å². The summed E-state index contributed by atoms with van der Waals surface area (Å²) in [6.07, 6.45) is 4.62. The smallest absolute Gasteiger partial charge is 0.248 e. The normalized spacial score (nSPS) is 11.6. The van der Waals surface area contributed by atoms with Crippen LogP contribution in [0.15, 0.2) is 47.1 Å². The van der Waals surface area contributed by atoms with Gasteiger partial charge in [-0.15, -0.1) is 0 Å². The molecule has 1 aromatic carbocycles. The fraction of sp³-hybridized carbons (Fsp3) is 0.278. The zero-order valence-corrected chi connectivity index (χ0v) is 13.3. The largest absolute Gasteiger partial charge is 0.495 e. The molecule has 4 nitrogen and oxygen atoms in total. The monoisotopic (exact) mass is 299 g/mol. The second kappa shape index (κ2) is 6.52. The number of rotatable bonds is 4. The van der Waals surface area contributed by atoms with Crippen molar-refractivity contribution in [2.24, 2.45) is 0 Å². The Bertz CT molecular complexity index is 664. The number of hydrogen-bond acceptors (Lipinski definition) is 3. The predicted molar refractivity (Wildman–Crippen MR) is 88.1 cm³/mol. The molecule has 0 atom stereocenters. The number of methoxy groups -OCH3 is 1. The summed E-state index contributed by atoms with van der Waals surface area (Å²) in [5.41, 5.74) is 1.78. The minimum absolute atomic E-state index is 0.00421. The second-order valence-electron chi connectivity index (χ2n) is 6.00. The number of ether oxygens (including phenoxy) is 1. The van der Waals surface area contributed by atoms with Gasteiger partial charge in [0.1, 0.15) is 11.5 Å². The highest BCUT2D eigenvalue weighted by atomic mass is 16.5. The molecule has 1 amide bonds. The van der Waals surface area contributed by atoms with Crippen LogP contribution in [0, 0.1) is 0 Å². The molecule has 0 saturated carbocycles. The average molecular weight is 299 g/mol. The minimum Gasteiger partial charge on any atom is -0.495 e. The SMILES string of the molecule is COc1ccc(C(C)(C)C)cc1NC(=O)/C=C/c1ccco1. The quantitative estimate of drug-likeness (QED) is 0.859. The Labute approximate surface area is 130 Å². The topological polar surface area (TPSA) is 51.5 Å². The molecule has 0 aliphatic heterocycles. The van der Waals surface area contributed by atoms with Gasteiger partial charge in [-0.05, 0) is 41.3 Å². The summed E-state index contributed by atoms with van der Waals surface area (Å²) >= 11 is 0. The van der Waals surface area contributed by atoms with Crippen molar-refractivity contribution in [2.75, 3.05) is 12.4 Å². The third-order valence-corrected chi connectivity index (χ3v) is 3.27. The maximum atomic E-state index is 12.0. The van der Waals surface area contributed by atoms with E-state index in [1.165, 1.54) is 6.08 Å². The third-order valence-electron chi connectivity index (χ3n) is 3.27. The maximum absolute atomic E-state index is 12.0. The fourth-order valence-corrected chi connectivity index (χ4v) is 1.99. The van der Waals surface area contributed by atoms with Crippen molar-refractivity contribution < 1.29 is 13.9 Å². The molecule has 116 valence electrons. The average Bonchev–Trinajstić information content (AvgIpc) is 2.97. The van der Waals surface area contributed by atoms with Gasteiger partial charge in [-0.1, -0.05) is 26.8 Å². The first-order valence-corrected chi connectivity index (χ1v) is 7.11. The van der Waals surface area contributed by atoms with Crippen LogP contribution in [0.2, 0.25) is 0 Å². The highest BCUT2D eigenvalue weighted by molar-refractivity contribution is 6.02. The molecule has 0 aliphatic carbocycles. The van der Waals surface area contributed by atoms with E-state index < -0.39 is 0 Å². The van der Waals surface area contributed by atoms with Gasteiger partial charge in [0.2, 0.25) is 5.91 Å². The van der Waals surface area contributed by atoms with Gasteiger partial charge in [0.05, 0.1) is 19.1 Å².